The predicted octanol–water partition coefficient (Wildman–Crippen LogP) is 3.36. The van der Waals surface area contributed by atoms with Crippen molar-refractivity contribution in [2.45, 2.75) is 31.2 Å². The fourth-order valence-electron chi connectivity index (χ4n) is 2.31. The molecule has 1 unspecified atom stereocenters. The number of halogens is 1. The highest BCUT2D eigenvalue weighted by molar-refractivity contribution is 9.10. The summed E-state index contributed by atoms with van der Waals surface area (Å²) >= 11 is 3.24. The zero-order valence-electron chi connectivity index (χ0n) is 14.6. The van der Waals surface area contributed by atoms with E-state index >= 15 is 0 Å². The van der Waals surface area contributed by atoms with Crippen LogP contribution in [0.15, 0.2) is 51.8 Å². The minimum absolute atomic E-state index is 0.0449. The van der Waals surface area contributed by atoms with Gasteiger partial charge in [-0.3, -0.25) is 14.9 Å². The average molecular weight is 456 g/mol. The van der Waals surface area contributed by atoms with Gasteiger partial charge in [-0.1, -0.05) is 22.9 Å². The number of benzene rings is 2. The summed E-state index contributed by atoms with van der Waals surface area (Å²) in [4.78, 5) is 22.8. The van der Waals surface area contributed by atoms with Crippen molar-refractivity contribution in [2.75, 3.05) is 5.32 Å². The highest BCUT2D eigenvalue weighted by Gasteiger charge is 2.25. The Bertz CT molecular complexity index is 961. The number of hydrogen-bond acceptors (Lipinski definition) is 5. The van der Waals surface area contributed by atoms with Gasteiger partial charge < -0.3 is 5.32 Å². The van der Waals surface area contributed by atoms with E-state index < -0.39 is 26.9 Å². The maximum atomic E-state index is 12.5. The number of nitro benzene ring substituents is 1. The largest absolute Gasteiger partial charge is 0.324 e. The summed E-state index contributed by atoms with van der Waals surface area (Å²) in [5, 5.41) is 13.4. The molecule has 0 aliphatic rings. The van der Waals surface area contributed by atoms with Crippen molar-refractivity contribution in [3.05, 3.63) is 62.6 Å². The molecule has 0 aromatic heterocycles. The molecular formula is C17H18BrN3O5S. The maximum absolute atomic E-state index is 12.5. The zero-order valence-corrected chi connectivity index (χ0v) is 17.0. The number of hydrogen-bond donors (Lipinski definition) is 2. The van der Waals surface area contributed by atoms with E-state index in [0.717, 1.165) is 4.47 Å². The van der Waals surface area contributed by atoms with E-state index in [-0.39, 0.29) is 17.0 Å². The third-order valence-corrected chi connectivity index (χ3v) is 5.84. The van der Waals surface area contributed by atoms with Gasteiger partial charge in [0.15, 0.2) is 0 Å². The van der Waals surface area contributed by atoms with Crippen LogP contribution < -0.4 is 10.0 Å². The lowest BCUT2D eigenvalue weighted by Gasteiger charge is -2.18. The Morgan fingerprint density at radius 3 is 2.37 bits per heavy atom. The molecule has 10 heteroatoms. The van der Waals surface area contributed by atoms with E-state index in [0.29, 0.717) is 11.3 Å². The number of carbonyl (C=O) groups excluding carboxylic acids is 1. The molecule has 2 N–H and O–H groups in total. The van der Waals surface area contributed by atoms with Crippen LogP contribution in [-0.2, 0) is 14.8 Å². The van der Waals surface area contributed by atoms with E-state index in [4.69, 9.17) is 0 Å². The number of rotatable bonds is 7. The molecule has 27 heavy (non-hydrogen) atoms. The van der Waals surface area contributed by atoms with E-state index in [1.54, 1.807) is 26.0 Å². The second-order valence-electron chi connectivity index (χ2n) is 5.78. The molecule has 2 rings (SSSR count). The number of nitrogens with one attached hydrogen (secondary N) is 2. The second-order valence-corrected chi connectivity index (χ2v) is 8.41. The van der Waals surface area contributed by atoms with Gasteiger partial charge in [-0.2, -0.15) is 4.72 Å². The molecule has 0 fully saturated rings. The maximum Gasteiger partial charge on any atom is 0.269 e. The number of sulfonamides is 1. The number of nitro groups is 1. The minimum atomic E-state index is -3.87. The van der Waals surface area contributed by atoms with Gasteiger partial charge in [-0.15, -0.1) is 0 Å². The van der Waals surface area contributed by atoms with Gasteiger partial charge in [-0.25, -0.2) is 8.42 Å². The van der Waals surface area contributed by atoms with Gasteiger partial charge in [0.25, 0.3) is 5.69 Å². The minimum Gasteiger partial charge on any atom is -0.324 e. The van der Waals surface area contributed by atoms with Crippen molar-refractivity contribution < 1.29 is 18.1 Å². The summed E-state index contributed by atoms with van der Waals surface area (Å²) < 4.78 is 28.1. The first-order valence-electron chi connectivity index (χ1n) is 7.98. The molecule has 0 radical (unpaired) electrons. The number of amides is 1. The molecule has 8 nitrogen and oxygen atoms in total. The predicted molar refractivity (Wildman–Crippen MR) is 105 cm³/mol. The second kappa shape index (κ2) is 8.59. The Hall–Kier alpha value is -2.30. The highest BCUT2D eigenvalue weighted by atomic mass is 79.9. The first kappa shape index (κ1) is 21.0. The standard InChI is InChI=1S/C17H18BrN3O5S/c1-3-15(20-27(25,26)14-7-4-12(18)5-8-14)17(22)19-16-9-6-13(21(23)24)10-11(16)2/h4-10,15,20H,3H2,1-2H3,(H,19,22). The van der Waals surface area contributed by atoms with Crippen molar-refractivity contribution in [3.63, 3.8) is 0 Å². The number of aryl methyl sites for hydroxylation is 1. The van der Waals surface area contributed by atoms with Crippen LogP contribution in [0.25, 0.3) is 0 Å². The summed E-state index contributed by atoms with van der Waals surface area (Å²) in [7, 11) is -3.87. The monoisotopic (exact) mass is 455 g/mol. The molecule has 0 heterocycles. The van der Waals surface area contributed by atoms with Gasteiger partial charge in [-0.05, 0) is 49.2 Å². The summed E-state index contributed by atoms with van der Waals surface area (Å²) in [5.74, 6) is -0.546. The Balaban J connectivity index is 2.16. The first-order chi connectivity index (χ1) is 12.6. The molecule has 0 aliphatic heterocycles. The van der Waals surface area contributed by atoms with E-state index in [1.807, 2.05) is 0 Å². The Kier molecular flexibility index (Phi) is 6.68. The van der Waals surface area contributed by atoms with Crippen molar-refractivity contribution in [1.82, 2.24) is 4.72 Å². The van der Waals surface area contributed by atoms with Crippen LogP contribution >= 0.6 is 15.9 Å². The summed E-state index contributed by atoms with van der Waals surface area (Å²) in [6.45, 7) is 3.30. The fourth-order valence-corrected chi connectivity index (χ4v) is 3.86. The SMILES string of the molecule is CCC(NS(=O)(=O)c1ccc(Br)cc1)C(=O)Nc1ccc([N+](=O)[O-])cc1C. The lowest BCUT2D eigenvalue weighted by molar-refractivity contribution is -0.384. The van der Waals surface area contributed by atoms with Crippen molar-refractivity contribution in [3.8, 4) is 0 Å². The number of nitrogens with zero attached hydrogens (tertiary/aromatic N) is 1. The molecular weight excluding hydrogens is 438 g/mol. The van der Waals surface area contributed by atoms with Crippen molar-refractivity contribution in [1.29, 1.82) is 0 Å². The quantitative estimate of drug-likeness (QED) is 0.489. The summed E-state index contributed by atoms with van der Waals surface area (Å²) in [6.07, 6.45) is 0.230. The van der Waals surface area contributed by atoms with Crippen molar-refractivity contribution >= 4 is 43.2 Å². The molecule has 0 saturated heterocycles. The number of carbonyl (C=O) groups is 1. The smallest absolute Gasteiger partial charge is 0.269 e. The molecule has 0 saturated carbocycles. The van der Waals surface area contributed by atoms with Crippen LogP contribution in [0, 0.1) is 17.0 Å². The van der Waals surface area contributed by atoms with Crippen LogP contribution in [0.5, 0.6) is 0 Å². The van der Waals surface area contributed by atoms with E-state index in [9.17, 15) is 23.3 Å². The summed E-state index contributed by atoms with van der Waals surface area (Å²) in [5.41, 5.74) is 0.795. The van der Waals surface area contributed by atoms with Gasteiger partial charge in [0.1, 0.15) is 6.04 Å². The molecule has 1 atom stereocenters. The first-order valence-corrected chi connectivity index (χ1v) is 10.3. The molecule has 1 amide bonds. The molecule has 0 spiro atoms. The Morgan fingerprint density at radius 2 is 1.85 bits per heavy atom. The normalized spacial score (nSPS) is 12.4. The molecule has 0 bridgehead atoms. The van der Waals surface area contributed by atoms with Crippen LogP contribution in [0.3, 0.4) is 0 Å². The van der Waals surface area contributed by atoms with E-state index in [2.05, 4.69) is 26.0 Å². The zero-order chi connectivity index (χ0) is 20.2. The number of anilines is 1. The van der Waals surface area contributed by atoms with Gasteiger partial charge >= 0.3 is 0 Å². The summed E-state index contributed by atoms with van der Waals surface area (Å²) in [6, 6.07) is 9.08. The lowest BCUT2D eigenvalue weighted by atomic mass is 10.1. The number of non-ortho nitro benzene ring substituents is 1. The molecule has 144 valence electrons. The highest BCUT2D eigenvalue weighted by Crippen LogP contribution is 2.22. The fraction of sp³-hybridized carbons (Fsp3) is 0.235. The topological polar surface area (TPSA) is 118 Å². The Morgan fingerprint density at radius 1 is 1.22 bits per heavy atom. The van der Waals surface area contributed by atoms with Gasteiger partial charge in [0.2, 0.25) is 15.9 Å². The van der Waals surface area contributed by atoms with Gasteiger partial charge in [0.05, 0.1) is 9.82 Å². The van der Waals surface area contributed by atoms with E-state index in [1.165, 1.54) is 30.3 Å². The molecule has 2 aromatic carbocycles. The molecule has 2 aromatic rings. The molecule has 0 aliphatic carbocycles. The van der Waals surface area contributed by atoms with Crippen molar-refractivity contribution in [2.24, 2.45) is 0 Å². The van der Waals surface area contributed by atoms with Crippen LogP contribution in [0.4, 0.5) is 11.4 Å². The Labute approximate surface area is 165 Å². The van der Waals surface area contributed by atoms with Crippen LogP contribution in [0.1, 0.15) is 18.9 Å². The third kappa shape index (κ3) is 5.34. The average Bonchev–Trinajstić information content (AvgIpc) is 2.61. The third-order valence-electron chi connectivity index (χ3n) is 3.82. The van der Waals surface area contributed by atoms with Crippen LogP contribution in [0.2, 0.25) is 0 Å². The van der Waals surface area contributed by atoms with Crippen LogP contribution in [-0.4, -0.2) is 25.3 Å². The lowest BCUT2D eigenvalue weighted by Crippen LogP contribution is -2.43. The van der Waals surface area contributed by atoms with Gasteiger partial charge in [0, 0.05) is 22.3 Å².